The van der Waals surface area contributed by atoms with Gasteiger partial charge in [-0.25, -0.2) is 5.43 Å². The van der Waals surface area contributed by atoms with Crippen LogP contribution in [0.1, 0.15) is 22.3 Å². The number of nitrogens with one attached hydrogen (secondary N) is 2. The van der Waals surface area contributed by atoms with Gasteiger partial charge >= 0.3 is 6.61 Å². The highest BCUT2D eigenvalue weighted by Gasteiger charge is 2.14. The van der Waals surface area contributed by atoms with Crippen molar-refractivity contribution >= 4 is 17.8 Å². The Morgan fingerprint density at radius 3 is 2.50 bits per heavy atom. The number of halogens is 2. The van der Waals surface area contributed by atoms with Crippen molar-refractivity contribution < 1.29 is 23.0 Å². The van der Waals surface area contributed by atoms with E-state index in [-0.39, 0.29) is 29.5 Å². The normalized spacial score (nSPS) is 11.0. The van der Waals surface area contributed by atoms with Gasteiger partial charge in [-0.3, -0.25) is 4.79 Å². The SMILES string of the molecule is COc1cccc(/C=N\NC(=O)CNc2c(C)cc(C)cc2C)c1OC(F)F. The van der Waals surface area contributed by atoms with Gasteiger partial charge < -0.3 is 14.8 Å². The Bertz CT molecular complexity index is 847. The van der Waals surface area contributed by atoms with Crippen molar-refractivity contribution in [3.05, 3.63) is 52.6 Å². The van der Waals surface area contributed by atoms with Crippen LogP contribution in [0.4, 0.5) is 14.5 Å². The zero-order chi connectivity index (χ0) is 20.7. The third-order valence-corrected chi connectivity index (χ3v) is 3.93. The number of anilines is 1. The van der Waals surface area contributed by atoms with Crippen LogP contribution in [0.3, 0.4) is 0 Å². The van der Waals surface area contributed by atoms with Gasteiger partial charge in [0.05, 0.1) is 19.9 Å². The molecule has 6 nitrogen and oxygen atoms in total. The highest BCUT2D eigenvalue weighted by Crippen LogP contribution is 2.31. The first kappa shape index (κ1) is 21.1. The number of aryl methyl sites for hydroxylation is 3. The van der Waals surface area contributed by atoms with E-state index in [2.05, 4.69) is 20.6 Å². The Labute approximate surface area is 162 Å². The minimum absolute atomic E-state index is 0.0145. The smallest absolute Gasteiger partial charge is 0.387 e. The summed E-state index contributed by atoms with van der Waals surface area (Å²) in [7, 11) is 1.34. The molecule has 0 atom stereocenters. The quantitative estimate of drug-likeness (QED) is 0.531. The molecule has 2 aromatic carbocycles. The number of para-hydroxylation sites is 1. The summed E-state index contributed by atoms with van der Waals surface area (Å²) < 4.78 is 34.7. The summed E-state index contributed by atoms with van der Waals surface area (Å²) in [5.41, 5.74) is 6.73. The van der Waals surface area contributed by atoms with E-state index in [4.69, 9.17) is 4.74 Å². The lowest BCUT2D eigenvalue weighted by atomic mass is 10.1. The van der Waals surface area contributed by atoms with E-state index in [1.54, 1.807) is 6.07 Å². The lowest BCUT2D eigenvalue weighted by Gasteiger charge is -2.13. The van der Waals surface area contributed by atoms with E-state index in [0.717, 1.165) is 22.4 Å². The van der Waals surface area contributed by atoms with Gasteiger partial charge in [-0.2, -0.15) is 13.9 Å². The second-order valence-corrected chi connectivity index (χ2v) is 6.18. The number of nitrogens with zero attached hydrogens (tertiary/aromatic N) is 1. The third-order valence-electron chi connectivity index (χ3n) is 3.93. The molecule has 28 heavy (non-hydrogen) atoms. The summed E-state index contributed by atoms with van der Waals surface area (Å²) in [4.78, 5) is 12.0. The molecule has 0 heterocycles. The first-order valence-electron chi connectivity index (χ1n) is 8.57. The molecule has 2 aromatic rings. The summed E-state index contributed by atoms with van der Waals surface area (Å²) >= 11 is 0. The Balaban J connectivity index is 2.01. The number of alkyl halides is 2. The molecule has 0 aliphatic rings. The van der Waals surface area contributed by atoms with Crippen molar-refractivity contribution in [2.75, 3.05) is 19.0 Å². The van der Waals surface area contributed by atoms with Crippen molar-refractivity contribution in [3.8, 4) is 11.5 Å². The fourth-order valence-corrected chi connectivity index (χ4v) is 2.85. The second-order valence-electron chi connectivity index (χ2n) is 6.18. The number of amides is 1. The van der Waals surface area contributed by atoms with Crippen molar-refractivity contribution in [3.63, 3.8) is 0 Å². The van der Waals surface area contributed by atoms with Crippen molar-refractivity contribution in [2.24, 2.45) is 5.10 Å². The third kappa shape index (κ3) is 5.67. The Kier molecular flexibility index (Phi) is 7.31. The zero-order valence-electron chi connectivity index (χ0n) is 16.2. The lowest BCUT2D eigenvalue weighted by Crippen LogP contribution is -2.26. The number of carbonyl (C=O) groups excluding carboxylic acids is 1. The van der Waals surface area contributed by atoms with Crippen LogP contribution in [-0.2, 0) is 4.79 Å². The maximum atomic E-state index is 12.6. The number of hydrogen-bond donors (Lipinski definition) is 2. The molecular formula is C20H23F2N3O3. The number of carbonyl (C=O) groups is 1. The van der Waals surface area contributed by atoms with Crippen LogP contribution in [0.25, 0.3) is 0 Å². The van der Waals surface area contributed by atoms with Gasteiger partial charge in [-0.1, -0.05) is 23.8 Å². The number of methoxy groups -OCH3 is 1. The van der Waals surface area contributed by atoms with E-state index in [1.807, 2.05) is 32.9 Å². The molecule has 0 spiro atoms. The van der Waals surface area contributed by atoms with Crippen LogP contribution < -0.4 is 20.2 Å². The molecular weight excluding hydrogens is 368 g/mol. The van der Waals surface area contributed by atoms with Crippen LogP contribution in [-0.4, -0.2) is 32.4 Å². The molecule has 150 valence electrons. The van der Waals surface area contributed by atoms with Crippen LogP contribution >= 0.6 is 0 Å². The Morgan fingerprint density at radius 1 is 1.21 bits per heavy atom. The fourth-order valence-electron chi connectivity index (χ4n) is 2.85. The number of hydrazone groups is 1. The Morgan fingerprint density at radius 2 is 1.89 bits per heavy atom. The maximum Gasteiger partial charge on any atom is 0.387 e. The van der Waals surface area contributed by atoms with Gasteiger partial charge in [-0.05, 0) is 44.0 Å². The fraction of sp³-hybridized carbons (Fsp3) is 0.300. The van der Waals surface area contributed by atoms with Crippen LogP contribution in [0, 0.1) is 20.8 Å². The monoisotopic (exact) mass is 391 g/mol. The molecule has 0 aromatic heterocycles. The second kappa shape index (κ2) is 9.68. The molecule has 0 bridgehead atoms. The van der Waals surface area contributed by atoms with Crippen LogP contribution in [0.5, 0.6) is 11.5 Å². The molecule has 2 rings (SSSR count). The molecule has 0 saturated heterocycles. The molecule has 0 saturated carbocycles. The molecule has 0 unspecified atom stereocenters. The molecule has 2 N–H and O–H groups in total. The number of ether oxygens (including phenoxy) is 2. The summed E-state index contributed by atoms with van der Waals surface area (Å²) in [6.45, 7) is 2.94. The van der Waals surface area contributed by atoms with Crippen molar-refractivity contribution in [2.45, 2.75) is 27.4 Å². The van der Waals surface area contributed by atoms with Crippen LogP contribution in [0.2, 0.25) is 0 Å². The highest BCUT2D eigenvalue weighted by molar-refractivity contribution is 5.87. The first-order chi connectivity index (χ1) is 13.3. The van der Waals surface area contributed by atoms with Gasteiger partial charge in [0.15, 0.2) is 11.5 Å². The summed E-state index contributed by atoms with van der Waals surface area (Å²) in [6, 6.07) is 8.67. The van der Waals surface area contributed by atoms with Crippen molar-refractivity contribution in [1.82, 2.24) is 5.43 Å². The molecule has 0 aliphatic heterocycles. The minimum atomic E-state index is -3.01. The van der Waals surface area contributed by atoms with Crippen LogP contribution in [0.15, 0.2) is 35.4 Å². The van der Waals surface area contributed by atoms with Gasteiger partial charge in [0.2, 0.25) is 0 Å². The largest absolute Gasteiger partial charge is 0.493 e. The minimum Gasteiger partial charge on any atom is -0.493 e. The van der Waals surface area contributed by atoms with E-state index in [9.17, 15) is 13.6 Å². The standard InChI is InChI=1S/C20H23F2N3O3/c1-12-8-13(2)18(14(3)9-12)23-11-17(26)25-24-10-15-6-5-7-16(27-4)19(15)28-20(21)22/h5-10,20,23H,11H2,1-4H3,(H,25,26)/b24-10-. The number of rotatable bonds is 8. The topological polar surface area (TPSA) is 72.0 Å². The molecule has 0 aliphatic carbocycles. The van der Waals surface area contributed by atoms with E-state index < -0.39 is 6.61 Å². The molecule has 0 fully saturated rings. The first-order valence-corrected chi connectivity index (χ1v) is 8.57. The van der Waals surface area contributed by atoms with Gasteiger partial charge in [0.1, 0.15) is 0 Å². The van der Waals surface area contributed by atoms with Gasteiger partial charge in [-0.15, -0.1) is 0 Å². The highest BCUT2D eigenvalue weighted by atomic mass is 19.3. The van der Waals surface area contributed by atoms with Gasteiger partial charge in [0, 0.05) is 11.3 Å². The maximum absolute atomic E-state index is 12.6. The number of benzene rings is 2. The molecule has 1 amide bonds. The zero-order valence-corrected chi connectivity index (χ0v) is 16.2. The van der Waals surface area contributed by atoms with E-state index in [0.29, 0.717) is 0 Å². The number of hydrogen-bond acceptors (Lipinski definition) is 5. The summed E-state index contributed by atoms with van der Waals surface area (Å²) in [5.74, 6) is -0.389. The average Bonchev–Trinajstić information content (AvgIpc) is 2.61. The average molecular weight is 391 g/mol. The van der Waals surface area contributed by atoms with E-state index >= 15 is 0 Å². The predicted molar refractivity (Wildman–Crippen MR) is 105 cm³/mol. The predicted octanol–water partition coefficient (Wildman–Crippen LogP) is 3.78. The van der Waals surface area contributed by atoms with E-state index in [1.165, 1.54) is 25.5 Å². The summed E-state index contributed by atoms with van der Waals surface area (Å²) in [6.07, 6.45) is 1.22. The van der Waals surface area contributed by atoms with Gasteiger partial charge in [0.25, 0.3) is 5.91 Å². The lowest BCUT2D eigenvalue weighted by molar-refractivity contribution is -0.119. The van der Waals surface area contributed by atoms with Crippen molar-refractivity contribution in [1.29, 1.82) is 0 Å². The Hall–Kier alpha value is -3.16. The summed E-state index contributed by atoms with van der Waals surface area (Å²) in [5, 5.41) is 6.89. The molecule has 8 heteroatoms. The molecule has 0 radical (unpaired) electrons.